The molecule has 3 rings (SSSR count). The zero-order valence-electron chi connectivity index (χ0n) is 14.4. The fraction of sp³-hybridized carbons (Fsp3) is 0.222. The summed E-state index contributed by atoms with van der Waals surface area (Å²) < 4.78 is 14.5. The molecular formula is C18H18FN5OS. The van der Waals surface area contributed by atoms with Crippen molar-refractivity contribution in [1.29, 1.82) is 0 Å². The van der Waals surface area contributed by atoms with E-state index in [1.54, 1.807) is 23.7 Å². The van der Waals surface area contributed by atoms with Crippen LogP contribution in [0.2, 0.25) is 0 Å². The van der Waals surface area contributed by atoms with Crippen molar-refractivity contribution in [3.63, 3.8) is 0 Å². The van der Waals surface area contributed by atoms with Crippen molar-refractivity contribution in [2.75, 3.05) is 0 Å². The Morgan fingerprint density at radius 2 is 1.96 bits per heavy atom. The van der Waals surface area contributed by atoms with E-state index in [1.807, 2.05) is 31.2 Å². The third-order valence-electron chi connectivity index (χ3n) is 3.82. The quantitative estimate of drug-likeness (QED) is 0.675. The molecule has 0 saturated carbocycles. The minimum Gasteiger partial charge on any atom is -0.351 e. The van der Waals surface area contributed by atoms with Crippen LogP contribution < -0.4 is 5.32 Å². The molecule has 0 spiro atoms. The number of carbonyl (C=O) groups is 1. The first-order valence-corrected chi connectivity index (χ1v) is 8.96. The van der Waals surface area contributed by atoms with Crippen LogP contribution in [0.25, 0.3) is 5.69 Å². The van der Waals surface area contributed by atoms with Gasteiger partial charge < -0.3 is 5.32 Å². The minimum absolute atomic E-state index is 0.140. The second-order valence-electron chi connectivity index (χ2n) is 5.76. The molecule has 134 valence electrons. The number of benzene rings is 2. The number of carbonyl (C=O) groups excluding carboxylic acids is 1. The molecule has 0 saturated heterocycles. The summed E-state index contributed by atoms with van der Waals surface area (Å²) in [5.41, 5.74) is 2.75. The van der Waals surface area contributed by atoms with Crippen LogP contribution in [-0.2, 0) is 11.3 Å². The molecule has 6 nitrogen and oxygen atoms in total. The van der Waals surface area contributed by atoms with Crippen molar-refractivity contribution in [3.05, 3.63) is 65.5 Å². The third-order valence-corrected chi connectivity index (χ3v) is 4.85. The molecule has 3 aromatic rings. The minimum atomic E-state index is -0.385. The maximum atomic E-state index is 12.9. The van der Waals surface area contributed by atoms with Gasteiger partial charge >= 0.3 is 0 Å². The van der Waals surface area contributed by atoms with E-state index >= 15 is 0 Å². The highest BCUT2D eigenvalue weighted by Crippen LogP contribution is 2.24. The van der Waals surface area contributed by atoms with Gasteiger partial charge in [0.15, 0.2) is 0 Å². The Bertz CT molecular complexity index is 897. The van der Waals surface area contributed by atoms with Gasteiger partial charge in [-0.25, -0.2) is 4.39 Å². The highest BCUT2D eigenvalue weighted by Gasteiger charge is 2.19. The van der Waals surface area contributed by atoms with Gasteiger partial charge in [0.25, 0.3) is 0 Å². The molecule has 0 bridgehead atoms. The number of thioether (sulfide) groups is 1. The number of amides is 1. The molecule has 0 aliphatic carbocycles. The molecule has 8 heteroatoms. The molecule has 0 aliphatic heterocycles. The summed E-state index contributed by atoms with van der Waals surface area (Å²) >= 11 is 1.28. The van der Waals surface area contributed by atoms with Crippen LogP contribution in [0.5, 0.6) is 0 Å². The van der Waals surface area contributed by atoms with Crippen molar-refractivity contribution in [2.45, 2.75) is 30.8 Å². The monoisotopic (exact) mass is 371 g/mol. The summed E-state index contributed by atoms with van der Waals surface area (Å²) in [6.07, 6.45) is 0. The van der Waals surface area contributed by atoms with E-state index in [4.69, 9.17) is 0 Å². The number of nitrogens with one attached hydrogen (secondary N) is 1. The molecule has 0 unspecified atom stereocenters. The highest BCUT2D eigenvalue weighted by atomic mass is 32.2. The number of aromatic nitrogens is 4. The van der Waals surface area contributed by atoms with E-state index in [0.29, 0.717) is 11.7 Å². The summed E-state index contributed by atoms with van der Waals surface area (Å²) in [6.45, 7) is 4.11. The summed E-state index contributed by atoms with van der Waals surface area (Å²) in [6, 6.07) is 13.8. The van der Waals surface area contributed by atoms with Gasteiger partial charge in [0.1, 0.15) is 5.82 Å². The smallest absolute Gasteiger partial charge is 0.233 e. The third kappa shape index (κ3) is 4.26. The van der Waals surface area contributed by atoms with E-state index in [0.717, 1.165) is 16.8 Å². The number of aryl methyl sites for hydroxylation is 1. The molecule has 0 radical (unpaired) electrons. The first-order chi connectivity index (χ1) is 12.5. The van der Waals surface area contributed by atoms with Crippen molar-refractivity contribution in [2.24, 2.45) is 0 Å². The second-order valence-corrected chi connectivity index (χ2v) is 7.07. The van der Waals surface area contributed by atoms with Crippen molar-refractivity contribution in [3.8, 4) is 5.69 Å². The van der Waals surface area contributed by atoms with Crippen molar-refractivity contribution < 1.29 is 9.18 Å². The van der Waals surface area contributed by atoms with Crippen LogP contribution in [-0.4, -0.2) is 31.4 Å². The number of nitrogens with zero attached hydrogens (tertiary/aromatic N) is 4. The van der Waals surface area contributed by atoms with E-state index in [9.17, 15) is 9.18 Å². The number of halogens is 1. The summed E-state index contributed by atoms with van der Waals surface area (Å²) in [4.78, 5) is 12.3. The fourth-order valence-corrected chi connectivity index (χ4v) is 3.18. The zero-order chi connectivity index (χ0) is 18.5. The van der Waals surface area contributed by atoms with E-state index in [2.05, 4.69) is 20.8 Å². The Kier molecular flexibility index (Phi) is 5.62. The molecule has 2 aromatic carbocycles. The van der Waals surface area contributed by atoms with Crippen LogP contribution in [0, 0.1) is 12.7 Å². The number of tetrazole rings is 1. The SMILES string of the molecule is Cc1ccccc1-n1nnnc1S[C@@H](C)C(=O)NCc1ccc(F)cc1. The van der Waals surface area contributed by atoms with Gasteiger partial charge in [-0.05, 0) is 53.6 Å². The Morgan fingerprint density at radius 3 is 2.69 bits per heavy atom. The fourth-order valence-electron chi connectivity index (χ4n) is 2.35. The average molecular weight is 371 g/mol. The number of hydrogen-bond donors (Lipinski definition) is 1. The molecular weight excluding hydrogens is 353 g/mol. The maximum absolute atomic E-state index is 12.9. The summed E-state index contributed by atoms with van der Waals surface area (Å²) in [7, 11) is 0. The summed E-state index contributed by atoms with van der Waals surface area (Å²) in [5, 5.41) is 14.8. The lowest BCUT2D eigenvalue weighted by molar-refractivity contribution is -0.120. The van der Waals surface area contributed by atoms with Gasteiger partial charge in [-0.3, -0.25) is 4.79 Å². The van der Waals surface area contributed by atoms with Crippen LogP contribution in [0.3, 0.4) is 0 Å². The Balaban J connectivity index is 1.64. The highest BCUT2D eigenvalue weighted by molar-refractivity contribution is 8.00. The number of rotatable bonds is 6. The van der Waals surface area contributed by atoms with Crippen molar-refractivity contribution >= 4 is 17.7 Å². The Morgan fingerprint density at radius 1 is 1.23 bits per heavy atom. The Hall–Kier alpha value is -2.74. The molecule has 1 N–H and O–H groups in total. The van der Waals surface area contributed by atoms with Crippen LogP contribution in [0.15, 0.2) is 53.7 Å². The lowest BCUT2D eigenvalue weighted by Crippen LogP contribution is -2.30. The molecule has 26 heavy (non-hydrogen) atoms. The van der Waals surface area contributed by atoms with Gasteiger partial charge in [-0.1, -0.05) is 42.1 Å². The van der Waals surface area contributed by atoms with Crippen LogP contribution in [0.1, 0.15) is 18.1 Å². The Labute approximate surface area is 154 Å². The first kappa shape index (κ1) is 18.1. The van der Waals surface area contributed by atoms with E-state index in [-0.39, 0.29) is 17.0 Å². The molecule has 0 aliphatic rings. The standard InChI is InChI=1S/C18H18FN5OS/c1-12-5-3-4-6-16(12)24-18(21-22-23-24)26-13(2)17(25)20-11-14-7-9-15(19)10-8-14/h3-10,13H,11H2,1-2H3,(H,20,25)/t13-/m0/s1. The molecule has 1 atom stereocenters. The van der Waals surface area contributed by atoms with Gasteiger partial charge in [0.2, 0.25) is 11.1 Å². The maximum Gasteiger partial charge on any atom is 0.233 e. The van der Waals surface area contributed by atoms with Gasteiger partial charge in [-0.15, -0.1) is 5.10 Å². The van der Waals surface area contributed by atoms with E-state index < -0.39 is 0 Å². The number of para-hydroxylation sites is 1. The van der Waals surface area contributed by atoms with E-state index in [1.165, 1.54) is 23.9 Å². The van der Waals surface area contributed by atoms with Crippen LogP contribution in [0.4, 0.5) is 4.39 Å². The molecule has 1 aromatic heterocycles. The topological polar surface area (TPSA) is 72.7 Å². The average Bonchev–Trinajstić information content (AvgIpc) is 3.09. The number of hydrogen-bond acceptors (Lipinski definition) is 5. The zero-order valence-corrected chi connectivity index (χ0v) is 15.2. The van der Waals surface area contributed by atoms with Crippen molar-refractivity contribution in [1.82, 2.24) is 25.5 Å². The molecule has 1 amide bonds. The lowest BCUT2D eigenvalue weighted by atomic mass is 10.2. The second kappa shape index (κ2) is 8.09. The van der Waals surface area contributed by atoms with Gasteiger partial charge in [0.05, 0.1) is 10.9 Å². The van der Waals surface area contributed by atoms with Crippen LogP contribution >= 0.6 is 11.8 Å². The lowest BCUT2D eigenvalue weighted by Gasteiger charge is -2.12. The largest absolute Gasteiger partial charge is 0.351 e. The summed E-state index contributed by atoms with van der Waals surface area (Å²) in [5.74, 6) is -0.439. The predicted octanol–water partition coefficient (Wildman–Crippen LogP) is 2.91. The molecule has 1 heterocycles. The van der Waals surface area contributed by atoms with Gasteiger partial charge in [-0.2, -0.15) is 4.68 Å². The predicted molar refractivity (Wildman–Crippen MR) is 97.5 cm³/mol. The van der Waals surface area contributed by atoms with Gasteiger partial charge in [0, 0.05) is 6.54 Å². The normalized spacial score (nSPS) is 12.0. The first-order valence-electron chi connectivity index (χ1n) is 8.08. The molecule has 0 fully saturated rings.